The molecule has 0 fully saturated rings. The van der Waals surface area contributed by atoms with E-state index < -0.39 is 23.5 Å². The van der Waals surface area contributed by atoms with E-state index in [9.17, 15) is 14.7 Å². The number of benzene rings is 1. The Hall–Kier alpha value is -3.67. The van der Waals surface area contributed by atoms with Crippen LogP contribution >= 0.6 is 0 Å². The molecule has 1 aliphatic rings. The summed E-state index contributed by atoms with van der Waals surface area (Å²) >= 11 is 0. The Labute approximate surface area is 161 Å². The van der Waals surface area contributed by atoms with E-state index in [1.807, 2.05) is 37.3 Å². The smallest absolute Gasteiger partial charge is 0.290 e. The zero-order valence-corrected chi connectivity index (χ0v) is 15.2. The number of rotatable bonds is 5. The summed E-state index contributed by atoms with van der Waals surface area (Å²) < 4.78 is 5.22. The van der Waals surface area contributed by atoms with Crippen molar-refractivity contribution in [2.45, 2.75) is 19.5 Å². The second-order valence-electron chi connectivity index (χ2n) is 6.62. The van der Waals surface area contributed by atoms with Gasteiger partial charge in [-0.25, -0.2) is 0 Å². The summed E-state index contributed by atoms with van der Waals surface area (Å²) in [5.74, 6) is -1.56. The van der Waals surface area contributed by atoms with Crippen LogP contribution in [0.5, 0.6) is 0 Å². The number of pyridine rings is 1. The van der Waals surface area contributed by atoms with E-state index in [2.05, 4.69) is 4.98 Å². The molecular weight excluding hydrogens is 356 g/mol. The summed E-state index contributed by atoms with van der Waals surface area (Å²) in [5, 5.41) is 10.6. The molecule has 1 N–H and O–H groups in total. The molecule has 0 aliphatic carbocycles. The van der Waals surface area contributed by atoms with Gasteiger partial charge in [-0.05, 0) is 41.8 Å². The Balaban J connectivity index is 1.82. The molecule has 28 heavy (non-hydrogen) atoms. The van der Waals surface area contributed by atoms with Gasteiger partial charge >= 0.3 is 0 Å². The lowest BCUT2D eigenvalue weighted by Gasteiger charge is -2.27. The number of hydrogen-bond donors (Lipinski definition) is 1. The van der Waals surface area contributed by atoms with Crippen molar-refractivity contribution >= 4 is 11.7 Å². The Morgan fingerprint density at radius 3 is 2.68 bits per heavy atom. The van der Waals surface area contributed by atoms with Gasteiger partial charge in [-0.1, -0.05) is 30.3 Å². The molecule has 6 nitrogen and oxygen atoms in total. The first kappa shape index (κ1) is 17.7. The molecule has 4 rings (SSSR count). The normalized spacial score (nSPS) is 16.7. The molecule has 3 heterocycles. The highest BCUT2D eigenvalue weighted by atomic mass is 16.3. The fraction of sp³-hybridized carbons (Fsp3) is 0.136. The number of amides is 1. The zero-order chi connectivity index (χ0) is 19.7. The Morgan fingerprint density at radius 1 is 1.18 bits per heavy atom. The van der Waals surface area contributed by atoms with Crippen molar-refractivity contribution in [3.05, 3.63) is 101 Å². The van der Waals surface area contributed by atoms with E-state index in [1.54, 1.807) is 24.5 Å². The molecule has 0 radical (unpaired) electrons. The number of hydrogen-bond acceptors (Lipinski definition) is 5. The van der Waals surface area contributed by atoms with Gasteiger partial charge in [0.15, 0.2) is 11.5 Å². The standard InChI is InChI=1S/C22H18N2O4/c1-14-6-2-3-8-16(14)19-18(20(25)17-9-5-11-28-17)21(26)22(27)24(19)13-15-7-4-10-23-12-15/h2-12,19,26H,13H2,1H3. The van der Waals surface area contributed by atoms with Crippen LogP contribution in [0, 0.1) is 6.92 Å². The fourth-order valence-corrected chi connectivity index (χ4v) is 3.49. The number of aryl methyl sites for hydroxylation is 1. The number of aliphatic hydroxyl groups excluding tert-OH is 1. The molecular formula is C22H18N2O4. The third kappa shape index (κ3) is 2.99. The lowest BCUT2D eigenvalue weighted by molar-refractivity contribution is -0.130. The van der Waals surface area contributed by atoms with Crippen molar-refractivity contribution < 1.29 is 19.1 Å². The van der Waals surface area contributed by atoms with Crippen LogP contribution in [0.3, 0.4) is 0 Å². The first-order valence-electron chi connectivity index (χ1n) is 8.84. The predicted molar refractivity (Wildman–Crippen MR) is 101 cm³/mol. The summed E-state index contributed by atoms with van der Waals surface area (Å²) in [6.07, 6.45) is 4.69. The maximum atomic E-state index is 13.1. The molecule has 1 unspecified atom stereocenters. The van der Waals surface area contributed by atoms with E-state index >= 15 is 0 Å². The summed E-state index contributed by atoms with van der Waals surface area (Å²) in [6.45, 7) is 2.12. The van der Waals surface area contributed by atoms with E-state index in [1.165, 1.54) is 17.2 Å². The van der Waals surface area contributed by atoms with Gasteiger partial charge in [0, 0.05) is 18.9 Å². The van der Waals surface area contributed by atoms with Gasteiger partial charge in [0.25, 0.3) is 5.91 Å². The highest BCUT2D eigenvalue weighted by Gasteiger charge is 2.44. The molecule has 140 valence electrons. The van der Waals surface area contributed by atoms with Crippen molar-refractivity contribution in [2.75, 3.05) is 0 Å². The van der Waals surface area contributed by atoms with Crippen LogP contribution in [0.1, 0.15) is 33.3 Å². The van der Waals surface area contributed by atoms with Crippen LogP contribution < -0.4 is 0 Å². The third-order valence-electron chi connectivity index (χ3n) is 4.85. The van der Waals surface area contributed by atoms with Crippen molar-refractivity contribution in [2.24, 2.45) is 0 Å². The lowest BCUT2D eigenvalue weighted by Crippen LogP contribution is -2.31. The van der Waals surface area contributed by atoms with Crippen LogP contribution in [0.25, 0.3) is 0 Å². The summed E-state index contributed by atoms with van der Waals surface area (Å²) in [6, 6.07) is 13.5. The summed E-state index contributed by atoms with van der Waals surface area (Å²) in [7, 11) is 0. The molecule has 0 spiro atoms. The number of carbonyl (C=O) groups is 2. The number of carbonyl (C=O) groups excluding carboxylic acids is 2. The molecule has 0 bridgehead atoms. The van der Waals surface area contributed by atoms with Crippen molar-refractivity contribution in [3.63, 3.8) is 0 Å². The number of furan rings is 1. The molecule has 2 aromatic heterocycles. The van der Waals surface area contributed by atoms with E-state index in [0.717, 1.165) is 16.7 Å². The van der Waals surface area contributed by atoms with Gasteiger partial charge in [0.2, 0.25) is 5.78 Å². The van der Waals surface area contributed by atoms with Crippen molar-refractivity contribution in [3.8, 4) is 0 Å². The number of aromatic nitrogens is 1. The maximum Gasteiger partial charge on any atom is 0.290 e. The highest BCUT2D eigenvalue weighted by Crippen LogP contribution is 2.40. The Kier molecular flexibility index (Phi) is 4.53. The van der Waals surface area contributed by atoms with Crippen molar-refractivity contribution in [1.29, 1.82) is 0 Å². The number of Topliss-reactive ketones (excluding diaryl/α,β-unsaturated/α-hetero) is 1. The Morgan fingerprint density at radius 2 is 2.00 bits per heavy atom. The Bertz CT molecular complexity index is 1060. The van der Waals surface area contributed by atoms with Gasteiger partial charge in [-0.2, -0.15) is 0 Å². The minimum atomic E-state index is -0.716. The average molecular weight is 374 g/mol. The lowest BCUT2D eigenvalue weighted by atomic mass is 9.92. The third-order valence-corrected chi connectivity index (χ3v) is 4.85. The molecule has 1 aromatic carbocycles. The second kappa shape index (κ2) is 7.15. The van der Waals surface area contributed by atoms with Crippen LogP contribution in [0.15, 0.2) is 82.9 Å². The summed E-state index contributed by atoms with van der Waals surface area (Å²) in [5.41, 5.74) is 2.52. The van der Waals surface area contributed by atoms with Gasteiger partial charge in [0.1, 0.15) is 0 Å². The molecule has 0 saturated carbocycles. The van der Waals surface area contributed by atoms with E-state index in [4.69, 9.17) is 4.42 Å². The minimum absolute atomic E-state index is 0.0261. The largest absolute Gasteiger partial charge is 0.503 e. The second-order valence-corrected chi connectivity index (χ2v) is 6.62. The molecule has 1 atom stereocenters. The number of aliphatic hydroxyl groups is 1. The molecule has 3 aromatic rings. The van der Waals surface area contributed by atoms with E-state index in [-0.39, 0.29) is 17.9 Å². The molecule has 0 saturated heterocycles. The molecule has 1 aliphatic heterocycles. The predicted octanol–water partition coefficient (Wildman–Crippen LogP) is 3.76. The van der Waals surface area contributed by atoms with E-state index in [0.29, 0.717) is 0 Å². The summed E-state index contributed by atoms with van der Waals surface area (Å²) in [4.78, 5) is 31.5. The SMILES string of the molecule is Cc1ccccc1C1C(C(=O)c2ccco2)=C(O)C(=O)N1Cc1cccnc1. The minimum Gasteiger partial charge on any atom is -0.503 e. The van der Waals surface area contributed by atoms with Crippen LogP contribution in [-0.4, -0.2) is 26.7 Å². The monoisotopic (exact) mass is 374 g/mol. The van der Waals surface area contributed by atoms with Crippen molar-refractivity contribution in [1.82, 2.24) is 9.88 Å². The zero-order valence-electron chi connectivity index (χ0n) is 15.2. The number of nitrogens with zero attached hydrogens (tertiary/aromatic N) is 2. The topological polar surface area (TPSA) is 83.6 Å². The molecule has 6 heteroatoms. The number of ketones is 1. The average Bonchev–Trinajstić information content (AvgIpc) is 3.32. The fourth-order valence-electron chi connectivity index (χ4n) is 3.49. The van der Waals surface area contributed by atoms with Gasteiger partial charge in [0.05, 0.1) is 17.9 Å². The van der Waals surface area contributed by atoms with Gasteiger partial charge < -0.3 is 14.4 Å². The van der Waals surface area contributed by atoms with Crippen LogP contribution in [0.4, 0.5) is 0 Å². The quantitative estimate of drug-likeness (QED) is 0.688. The first-order chi connectivity index (χ1) is 13.6. The van der Waals surface area contributed by atoms with Crippen LogP contribution in [0.2, 0.25) is 0 Å². The molecule has 1 amide bonds. The van der Waals surface area contributed by atoms with Gasteiger partial charge in [-0.15, -0.1) is 0 Å². The van der Waals surface area contributed by atoms with Gasteiger partial charge in [-0.3, -0.25) is 14.6 Å². The first-order valence-corrected chi connectivity index (χ1v) is 8.84. The van der Waals surface area contributed by atoms with Crippen LogP contribution in [-0.2, 0) is 11.3 Å². The highest BCUT2D eigenvalue weighted by molar-refractivity contribution is 6.15. The maximum absolute atomic E-state index is 13.1.